The van der Waals surface area contributed by atoms with Crippen LogP contribution >= 0.6 is 34.8 Å². The Kier molecular flexibility index (Phi) is 11.4. The molecule has 0 saturated heterocycles. The number of ketones is 2. The Bertz CT molecular complexity index is 1290. The zero-order chi connectivity index (χ0) is 31.5. The van der Waals surface area contributed by atoms with Crippen molar-refractivity contribution in [2.75, 3.05) is 0 Å². The number of carbonyl (C=O) groups excluding carboxylic acids is 2. The smallest absolute Gasteiger partial charge is 0.300 e. The molecule has 0 aromatic heterocycles. The van der Waals surface area contributed by atoms with Gasteiger partial charge in [0, 0.05) is 37.3 Å². The fraction of sp³-hybridized carbons (Fsp3) is 0.407. The molecule has 1 unspecified atom stereocenters. The Balaban J connectivity index is 2.39. The second-order valence-electron chi connectivity index (χ2n) is 9.60. The van der Waals surface area contributed by atoms with E-state index in [1.807, 2.05) is 0 Å². The van der Waals surface area contributed by atoms with Crippen molar-refractivity contribution in [3.05, 3.63) is 73.7 Å². The molecule has 14 heteroatoms. The molecule has 0 heterocycles. The number of hydrogen-bond donors (Lipinski definition) is 0. The molecule has 0 aliphatic rings. The van der Waals surface area contributed by atoms with E-state index in [1.165, 1.54) is 6.92 Å². The van der Waals surface area contributed by atoms with E-state index in [9.17, 15) is 44.7 Å². The largest absolute Gasteiger partial charge is 0.417 e. The number of alkyl halides is 8. The van der Waals surface area contributed by atoms with Crippen molar-refractivity contribution in [1.29, 1.82) is 0 Å². The normalized spacial score (nSPS) is 14.6. The first-order valence-electron chi connectivity index (χ1n) is 11.8. The third-order valence-corrected chi connectivity index (χ3v) is 7.12. The Morgan fingerprint density at radius 2 is 1.46 bits per heavy atom. The van der Waals surface area contributed by atoms with Crippen LogP contribution in [0.2, 0.25) is 15.1 Å². The molecule has 41 heavy (non-hydrogen) atoms. The van der Waals surface area contributed by atoms with Crippen LogP contribution in [0.1, 0.15) is 72.5 Å². The van der Waals surface area contributed by atoms with Gasteiger partial charge < -0.3 is 0 Å². The lowest BCUT2D eigenvalue weighted by atomic mass is 9.90. The highest BCUT2D eigenvalue weighted by Gasteiger charge is 2.38. The summed E-state index contributed by atoms with van der Waals surface area (Å²) in [4.78, 5) is 24.4. The highest BCUT2D eigenvalue weighted by atomic mass is 35.5. The molecule has 0 fully saturated rings. The van der Waals surface area contributed by atoms with Gasteiger partial charge in [-0.15, -0.1) is 0 Å². The van der Waals surface area contributed by atoms with Crippen LogP contribution in [0.4, 0.5) is 39.5 Å². The third kappa shape index (κ3) is 10.2. The Morgan fingerprint density at radius 3 is 1.95 bits per heavy atom. The molecule has 2 aromatic carbocycles. The fourth-order valence-electron chi connectivity index (χ4n) is 3.97. The van der Waals surface area contributed by atoms with Crippen molar-refractivity contribution in [3.63, 3.8) is 0 Å². The van der Waals surface area contributed by atoms with Crippen molar-refractivity contribution in [2.45, 2.75) is 63.7 Å². The molecule has 0 radical (unpaired) electrons. The van der Waals surface area contributed by atoms with Gasteiger partial charge in [-0.1, -0.05) is 53.9 Å². The zero-order valence-electron chi connectivity index (χ0n) is 21.3. The summed E-state index contributed by atoms with van der Waals surface area (Å²) in [6.45, 7) is 1.77. The lowest BCUT2D eigenvalue weighted by molar-refractivity contribution is -0.143. The number of rotatable bonds is 11. The molecule has 2 nitrogen and oxygen atoms in total. The van der Waals surface area contributed by atoms with Crippen molar-refractivity contribution < 1.29 is 49.1 Å². The second kappa shape index (κ2) is 13.4. The number of halogens is 12. The lowest BCUT2D eigenvalue weighted by Crippen LogP contribution is -2.21. The minimum Gasteiger partial charge on any atom is -0.300 e. The van der Waals surface area contributed by atoms with E-state index in [2.05, 4.69) is 0 Å². The van der Waals surface area contributed by atoms with E-state index in [4.69, 9.17) is 34.8 Å². The summed E-state index contributed by atoms with van der Waals surface area (Å²) in [5, 5.41) is -0.568. The Morgan fingerprint density at radius 1 is 0.902 bits per heavy atom. The van der Waals surface area contributed by atoms with Crippen LogP contribution in [0.15, 0.2) is 36.4 Å². The average Bonchev–Trinajstić information content (AvgIpc) is 2.82. The summed E-state index contributed by atoms with van der Waals surface area (Å²) in [6.07, 6.45) is -12.6. The SMILES string of the molecule is C[C@H](CC(=O)CCC(F)(F)F)CC(=O)c1ccc(/C(F)=C/C(c2cc(Cl)c(Cl)c(Cl)c2)C(C)(F)F)cc1C(F)(F)F. The van der Waals surface area contributed by atoms with Crippen molar-refractivity contribution in [3.8, 4) is 0 Å². The van der Waals surface area contributed by atoms with Crippen LogP contribution < -0.4 is 0 Å². The fourth-order valence-corrected chi connectivity index (χ4v) is 4.59. The van der Waals surface area contributed by atoms with E-state index in [0.29, 0.717) is 19.1 Å². The standard InChI is InChI=1S/C27H22Cl3F9O2/c1-13(7-16(40)5-6-26(34,35)36)8-23(41)17-4-3-14(9-19(17)27(37,38)39)22(31)12-18(25(2,32)33)15-10-20(28)24(30)21(29)11-15/h3-4,9-13,18H,5-8H2,1-2H3/b22-12-/t13-,18?/m1/s1. The quantitative estimate of drug-likeness (QED) is 0.137. The van der Waals surface area contributed by atoms with Crippen molar-refractivity contribution in [1.82, 2.24) is 0 Å². The van der Waals surface area contributed by atoms with Gasteiger partial charge in [0.05, 0.1) is 33.0 Å². The van der Waals surface area contributed by atoms with Crippen LogP contribution in [0.3, 0.4) is 0 Å². The summed E-state index contributed by atoms with van der Waals surface area (Å²) in [6, 6.07) is 3.77. The molecule has 0 bridgehead atoms. The molecule has 0 aliphatic heterocycles. The summed E-state index contributed by atoms with van der Waals surface area (Å²) in [5.41, 5.74) is -3.47. The van der Waals surface area contributed by atoms with E-state index >= 15 is 4.39 Å². The molecule has 0 aliphatic carbocycles. The minimum absolute atomic E-state index is 0.144. The van der Waals surface area contributed by atoms with E-state index in [-0.39, 0.29) is 26.7 Å². The summed E-state index contributed by atoms with van der Waals surface area (Å²) in [7, 11) is 0. The molecule has 0 N–H and O–H groups in total. The topological polar surface area (TPSA) is 34.1 Å². The third-order valence-electron chi connectivity index (χ3n) is 5.92. The van der Waals surface area contributed by atoms with Crippen LogP contribution in [0, 0.1) is 5.92 Å². The minimum atomic E-state index is -5.17. The van der Waals surface area contributed by atoms with Crippen LogP contribution in [-0.2, 0) is 11.0 Å². The maximum atomic E-state index is 15.2. The number of benzene rings is 2. The lowest BCUT2D eigenvalue weighted by Gasteiger charge is -2.22. The van der Waals surface area contributed by atoms with Gasteiger partial charge in [-0.2, -0.15) is 26.3 Å². The maximum absolute atomic E-state index is 15.2. The molecule has 226 valence electrons. The van der Waals surface area contributed by atoms with Crippen molar-refractivity contribution >= 4 is 52.2 Å². The van der Waals surface area contributed by atoms with Gasteiger partial charge in [0.2, 0.25) is 0 Å². The summed E-state index contributed by atoms with van der Waals surface area (Å²) in [5.74, 6) is -9.91. The van der Waals surface area contributed by atoms with Gasteiger partial charge >= 0.3 is 12.4 Å². The first-order valence-corrected chi connectivity index (χ1v) is 13.0. The van der Waals surface area contributed by atoms with Gasteiger partial charge in [-0.05, 0) is 35.8 Å². The van der Waals surface area contributed by atoms with E-state index in [1.54, 1.807) is 0 Å². The Labute approximate surface area is 244 Å². The van der Waals surface area contributed by atoms with Crippen molar-refractivity contribution in [2.24, 2.45) is 5.92 Å². The van der Waals surface area contributed by atoms with Crippen LogP contribution in [0.5, 0.6) is 0 Å². The monoisotopic (exact) mass is 654 g/mol. The molecule has 0 saturated carbocycles. The van der Waals surface area contributed by atoms with Gasteiger partial charge in [-0.25, -0.2) is 13.2 Å². The first kappa shape index (κ1) is 35.0. The highest BCUT2D eigenvalue weighted by Crippen LogP contribution is 2.42. The second-order valence-corrected chi connectivity index (χ2v) is 10.8. The Hall–Kier alpha value is -2.24. The number of carbonyl (C=O) groups is 2. The van der Waals surface area contributed by atoms with Gasteiger partial charge in [0.15, 0.2) is 5.78 Å². The van der Waals surface area contributed by atoms with Crippen LogP contribution in [-0.4, -0.2) is 23.7 Å². The van der Waals surface area contributed by atoms with E-state index in [0.717, 1.165) is 18.2 Å². The van der Waals surface area contributed by atoms with Crippen LogP contribution in [0.25, 0.3) is 5.83 Å². The summed E-state index contributed by atoms with van der Waals surface area (Å²) < 4.78 is 122. The molecule has 2 rings (SSSR count). The molecular weight excluding hydrogens is 634 g/mol. The molecule has 0 spiro atoms. The number of Topliss-reactive ketones (excluding diaryl/α,β-unsaturated/α-hetero) is 2. The highest BCUT2D eigenvalue weighted by molar-refractivity contribution is 6.48. The average molecular weight is 656 g/mol. The molecule has 2 aromatic rings. The maximum Gasteiger partial charge on any atom is 0.417 e. The molecule has 2 atom stereocenters. The predicted octanol–water partition coefficient (Wildman–Crippen LogP) is 10.9. The first-order chi connectivity index (χ1) is 18.6. The van der Waals surface area contributed by atoms with E-state index < -0.39 is 89.9 Å². The van der Waals surface area contributed by atoms with Gasteiger partial charge in [0.25, 0.3) is 5.92 Å². The zero-order valence-corrected chi connectivity index (χ0v) is 23.6. The van der Waals surface area contributed by atoms with Gasteiger partial charge in [0.1, 0.15) is 11.6 Å². The van der Waals surface area contributed by atoms with Gasteiger partial charge in [-0.3, -0.25) is 9.59 Å². The number of allylic oxidation sites excluding steroid dienone is 1. The molecule has 0 amide bonds. The summed E-state index contributed by atoms with van der Waals surface area (Å²) >= 11 is 17.6. The predicted molar refractivity (Wildman–Crippen MR) is 138 cm³/mol. The number of hydrogen-bond acceptors (Lipinski definition) is 2. The molecular formula is C27H22Cl3F9O2.